The summed E-state index contributed by atoms with van der Waals surface area (Å²) in [4.78, 5) is 8.83. The van der Waals surface area contributed by atoms with Gasteiger partial charge < -0.3 is 10.6 Å². The summed E-state index contributed by atoms with van der Waals surface area (Å²) in [7, 11) is 0. The maximum absolute atomic E-state index is 4.49. The molecule has 0 unspecified atom stereocenters. The molecule has 0 aromatic carbocycles. The van der Waals surface area contributed by atoms with E-state index in [0.29, 0.717) is 11.7 Å². The first-order valence-electron chi connectivity index (χ1n) is 8.10. The van der Waals surface area contributed by atoms with Crippen LogP contribution in [0.2, 0.25) is 0 Å². The lowest BCUT2D eigenvalue weighted by atomic mass is 10.0. The number of aromatic nitrogens is 2. The van der Waals surface area contributed by atoms with Gasteiger partial charge in [-0.25, -0.2) is 0 Å². The van der Waals surface area contributed by atoms with E-state index in [0.717, 1.165) is 39.5 Å². The predicted octanol–water partition coefficient (Wildman–Crippen LogP) is 4.67. The van der Waals surface area contributed by atoms with Crippen LogP contribution in [0.5, 0.6) is 0 Å². The average Bonchev–Trinajstić information content (AvgIpc) is 2.48. The Hall–Kier alpha value is -2.62. The van der Waals surface area contributed by atoms with Crippen LogP contribution in [-0.2, 0) is 0 Å². The minimum atomic E-state index is 0.326. The monoisotopic (exact) mass is 322 g/mol. The SMILES string of the molecule is C=C(NC(=C)c1cnc(C)cc1C)Nc1c(C)ccnc1C(C)C. The van der Waals surface area contributed by atoms with Crippen LogP contribution < -0.4 is 10.6 Å². The fourth-order valence-corrected chi connectivity index (χ4v) is 2.62. The van der Waals surface area contributed by atoms with Crippen LogP contribution in [0.3, 0.4) is 0 Å². The summed E-state index contributed by atoms with van der Waals surface area (Å²) < 4.78 is 0. The minimum absolute atomic E-state index is 0.326. The fourth-order valence-electron chi connectivity index (χ4n) is 2.62. The van der Waals surface area contributed by atoms with E-state index in [-0.39, 0.29) is 0 Å². The maximum Gasteiger partial charge on any atom is 0.100 e. The van der Waals surface area contributed by atoms with Gasteiger partial charge in [-0.3, -0.25) is 9.97 Å². The molecule has 0 saturated heterocycles. The lowest BCUT2D eigenvalue weighted by Crippen LogP contribution is -2.19. The number of nitrogens with zero attached hydrogens (tertiary/aromatic N) is 2. The van der Waals surface area contributed by atoms with Crippen molar-refractivity contribution in [1.29, 1.82) is 0 Å². The molecule has 0 aliphatic heterocycles. The van der Waals surface area contributed by atoms with Crippen LogP contribution in [-0.4, -0.2) is 9.97 Å². The molecule has 0 spiro atoms. The number of nitrogens with one attached hydrogen (secondary N) is 2. The summed E-state index contributed by atoms with van der Waals surface area (Å²) in [6, 6.07) is 4.03. The minimum Gasteiger partial charge on any atom is -0.342 e. The van der Waals surface area contributed by atoms with Crippen molar-refractivity contribution < 1.29 is 0 Å². The Morgan fingerprint density at radius 3 is 2.42 bits per heavy atom. The van der Waals surface area contributed by atoms with Gasteiger partial charge in [-0.2, -0.15) is 0 Å². The second kappa shape index (κ2) is 7.30. The van der Waals surface area contributed by atoms with Gasteiger partial charge in [0, 0.05) is 29.3 Å². The smallest absolute Gasteiger partial charge is 0.100 e. The molecule has 2 N–H and O–H groups in total. The topological polar surface area (TPSA) is 49.8 Å². The van der Waals surface area contributed by atoms with Crippen LogP contribution in [0.15, 0.2) is 43.5 Å². The van der Waals surface area contributed by atoms with Gasteiger partial charge in [0.15, 0.2) is 0 Å². The third kappa shape index (κ3) is 4.02. The Bertz CT molecular complexity index is 775. The molecule has 2 heterocycles. The predicted molar refractivity (Wildman–Crippen MR) is 102 cm³/mol. The second-order valence-electron chi connectivity index (χ2n) is 6.39. The van der Waals surface area contributed by atoms with E-state index in [1.807, 2.05) is 31.5 Å². The molecule has 126 valence electrons. The Morgan fingerprint density at radius 2 is 1.79 bits per heavy atom. The van der Waals surface area contributed by atoms with Crippen LogP contribution in [0.1, 0.15) is 47.8 Å². The lowest BCUT2D eigenvalue weighted by molar-refractivity contribution is 0.822. The van der Waals surface area contributed by atoms with Crippen molar-refractivity contribution in [2.75, 3.05) is 5.32 Å². The molecule has 0 fully saturated rings. The first-order chi connectivity index (χ1) is 11.3. The molecule has 4 nitrogen and oxygen atoms in total. The van der Waals surface area contributed by atoms with E-state index in [4.69, 9.17) is 0 Å². The molecule has 4 heteroatoms. The number of pyridine rings is 2. The van der Waals surface area contributed by atoms with Crippen molar-refractivity contribution in [3.63, 3.8) is 0 Å². The zero-order valence-electron chi connectivity index (χ0n) is 15.2. The Kier molecular flexibility index (Phi) is 5.39. The molecule has 24 heavy (non-hydrogen) atoms. The molecule has 0 aliphatic rings. The van der Waals surface area contributed by atoms with Crippen molar-refractivity contribution in [3.8, 4) is 0 Å². The zero-order valence-corrected chi connectivity index (χ0v) is 15.2. The Balaban J connectivity index is 2.15. The number of anilines is 1. The summed E-state index contributed by atoms with van der Waals surface area (Å²) in [5.41, 5.74) is 7.03. The first-order valence-corrected chi connectivity index (χ1v) is 8.10. The van der Waals surface area contributed by atoms with Gasteiger partial charge in [-0.05, 0) is 49.9 Å². The quantitative estimate of drug-likeness (QED) is 0.811. The maximum atomic E-state index is 4.49. The van der Waals surface area contributed by atoms with Gasteiger partial charge in [0.1, 0.15) is 5.82 Å². The van der Waals surface area contributed by atoms with Crippen molar-refractivity contribution in [1.82, 2.24) is 15.3 Å². The van der Waals surface area contributed by atoms with Crippen LogP contribution >= 0.6 is 0 Å². The molecule has 0 saturated carbocycles. The van der Waals surface area contributed by atoms with Crippen LogP contribution in [0.25, 0.3) is 5.70 Å². The highest BCUT2D eigenvalue weighted by atomic mass is 15.1. The lowest BCUT2D eigenvalue weighted by Gasteiger charge is -2.20. The molecule has 2 aromatic heterocycles. The van der Waals surface area contributed by atoms with Crippen LogP contribution in [0, 0.1) is 20.8 Å². The molecule has 0 aliphatic carbocycles. The third-order valence-corrected chi connectivity index (χ3v) is 3.89. The zero-order chi connectivity index (χ0) is 17.9. The van der Waals surface area contributed by atoms with Gasteiger partial charge in [0.25, 0.3) is 0 Å². The summed E-state index contributed by atoms with van der Waals surface area (Å²) >= 11 is 0. The van der Waals surface area contributed by atoms with E-state index in [9.17, 15) is 0 Å². The van der Waals surface area contributed by atoms with E-state index < -0.39 is 0 Å². The molecule has 0 bridgehead atoms. The number of hydrogen-bond donors (Lipinski definition) is 2. The standard InChI is InChI=1S/C20H26N4/c1-12(2)19-20(13(3)8-9-21-19)24-17(7)23-16(6)18-11-22-15(5)10-14(18)4/h8-12,23-24H,6-7H2,1-5H3. The van der Waals surface area contributed by atoms with Gasteiger partial charge in [0.05, 0.1) is 11.4 Å². The molecule has 0 atom stereocenters. The van der Waals surface area contributed by atoms with Crippen molar-refractivity contribution in [3.05, 3.63) is 71.6 Å². The fraction of sp³-hybridized carbons (Fsp3) is 0.300. The summed E-state index contributed by atoms with van der Waals surface area (Å²) in [6.07, 6.45) is 3.68. The third-order valence-electron chi connectivity index (χ3n) is 3.89. The summed E-state index contributed by atoms with van der Waals surface area (Å²) in [5.74, 6) is 0.991. The Morgan fingerprint density at radius 1 is 1.08 bits per heavy atom. The molecule has 2 rings (SSSR count). The van der Waals surface area contributed by atoms with E-state index >= 15 is 0 Å². The molecule has 2 aromatic rings. The van der Waals surface area contributed by atoms with E-state index in [1.165, 1.54) is 0 Å². The number of hydrogen-bond acceptors (Lipinski definition) is 4. The molecule has 0 radical (unpaired) electrons. The highest BCUT2D eigenvalue weighted by molar-refractivity contribution is 5.67. The number of aryl methyl sites for hydroxylation is 3. The summed E-state index contributed by atoms with van der Waals surface area (Å²) in [5, 5.41) is 6.57. The molecular weight excluding hydrogens is 296 g/mol. The highest BCUT2D eigenvalue weighted by Gasteiger charge is 2.12. The molecule has 0 amide bonds. The Labute approximate surface area is 144 Å². The summed E-state index contributed by atoms with van der Waals surface area (Å²) in [6.45, 7) is 18.5. The van der Waals surface area contributed by atoms with E-state index in [1.54, 1.807) is 0 Å². The van der Waals surface area contributed by atoms with Gasteiger partial charge >= 0.3 is 0 Å². The first kappa shape index (κ1) is 17.7. The van der Waals surface area contributed by atoms with Crippen molar-refractivity contribution in [2.45, 2.75) is 40.5 Å². The number of rotatable bonds is 6. The molecular formula is C20H26N4. The van der Waals surface area contributed by atoms with E-state index in [2.05, 4.69) is 61.5 Å². The highest BCUT2D eigenvalue weighted by Crippen LogP contribution is 2.26. The average molecular weight is 322 g/mol. The van der Waals surface area contributed by atoms with Gasteiger partial charge in [-0.15, -0.1) is 0 Å². The van der Waals surface area contributed by atoms with Gasteiger partial charge in [-0.1, -0.05) is 27.0 Å². The van der Waals surface area contributed by atoms with Crippen molar-refractivity contribution >= 4 is 11.4 Å². The van der Waals surface area contributed by atoms with Crippen LogP contribution in [0.4, 0.5) is 5.69 Å². The van der Waals surface area contributed by atoms with Crippen molar-refractivity contribution in [2.24, 2.45) is 0 Å². The normalized spacial score (nSPS) is 10.6. The largest absolute Gasteiger partial charge is 0.342 e. The van der Waals surface area contributed by atoms with Gasteiger partial charge in [0.2, 0.25) is 0 Å². The second-order valence-corrected chi connectivity index (χ2v) is 6.39.